The molecule has 0 fully saturated rings. The van der Waals surface area contributed by atoms with Crippen molar-refractivity contribution in [2.75, 3.05) is 30.2 Å². The number of nitrogens with two attached hydrogens (primary N) is 1. The molecule has 1 aromatic heterocycles. The van der Waals surface area contributed by atoms with Crippen LogP contribution >= 0.6 is 34.7 Å². The molecule has 1 unspecified atom stereocenters. The van der Waals surface area contributed by atoms with Gasteiger partial charge in [0.15, 0.2) is 21.6 Å². The van der Waals surface area contributed by atoms with Gasteiger partial charge in [-0.05, 0) is 47.7 Å². The fourth-order valence-corrected chi connectivity index (χ4v) is 7.21. The topological polar surface area (TPSA) is 143 Å². The molecule has 2 heterocycles. The number of halogens is 1. The fraction of sp³-hybridized carbons (Fsp3) is 0.300. The molecule has 0 saturated carbocycles. The average Bonchev–Trinajstić information content (AvgIpc) is 3.43. The second kappa shape index (κ2) is 12.3. The number of methoxy groups -OCH3 is 2. The van der Waals surface area contributed by atoms with Crippen LogP contribution in [-0.4, -0.2) is 41.9 Å². The zero-order valence-corrected chi connectivity index (χ0v) is 26.3. The maximum Gasteiger partial charge on any atom is 0.234 e. The molecule has 0 radical (unpaired) electrons. The van der Waals surface area contributed by atoms with Gasteiger partial charge in [0.25, 0.3) is 0 Å². The van der Waals surface area contributed by atoms with Crippen LogP contribution in [-0.2, 0) is 9.59 Å². The number of nitrogens with one attached hydrogen (secondary N) is 1. The van der Waals surface area contributed by atoms with Gasteiger partial charge in [-0.1, -0.05) is 60.7 Å². The van der Waals surface area contributed by atoms with Crippen molar-refractivity contribution in [1.29, 1.82) is 5.26 Å². The highest BCUT2D eigenvalue weighted by Crippen LogP contribution is 2.51. The minimum Gasteiger partial charge on any atom is -0.493 e. The van der Waals surface area contributed by atoms with Crippen LogP contribution in [0.25, 0.3) is 0 Å². The molecular formula is C30H29ClN6O4S2. The van der Waals surface area contributed by atoms with Crippen LogP contribution in [0.5, 0.6) is 11.5 Å². The number of benzene rings is 2. The van der Waals surface area contributed by atoms with Crippen LogP contribution < -0.4 is 25.4 Å². The highest BCUT2D eigenvalue weighted by atomic mass is 35.5. The Morgan fingerprint density at radius 1 is 1.21 bits per heavy atom. The number of hydrogen-bond donors (Lipinski definition) is 2. The highest BCUT2D eigenvalue weighted by Gasteiger charge is 2.45. The molecule has 3 aromatic rings. The van der Waals surface area contributed by atoms with Crippen LogP contribution in [0.1, 0.15) is 38.2 Å². The van der Waals surface area contributed by atoms with Crippen molar-refractivity contribution in [2.45, 2.75) is 36.9 Å². The first kappa shape index (κ1) is 30.4. The molecule has 1 amide bonds. The zero-order valence-electron chi connectivity index (χ0n) is 23.9. The second-order valence-electron chi connectivity index (χ2n) is 10.8. The fourth-order valence-electron chi connectivity index (χ4n) is 5.33. The number of allylic oxidation sites excluding steroid dienone is 3. The van der Waals surface area contributed by atoms with Gasteiger partial charge in [-0.15, -0.1) is 10.2 Å². The third-order valence-corrected chi connectivity index (χ3v) is 9.42. The Morgan fingerprint density at radius 3 is 2.67 bits per heavy atom. The van der Waals surface area contributed by atoms with Crippen LogP contribution in [0.3, 0.4) is 0 Å². The van der Waals surface area contributed by atoms with E-state index in [4.69, 9.17) is 26.8 Å². The normalized spacial score (nSPS) is 17.8. The largest absolute Gasteiger partial charge is 0.493 e. The Bertz CT molecular complexity index is 1710. The monoisotopic (exact) mass is 636 g/mol. The van der Waals surface area contributed by atoms with Crippen molar-refractivity contribution in [3.63, 3.8) is 0 Å². The van der Waals surface area contributed by atoms with Crippen LogP contribution in [0.15, 0.2) is 69.5 Å². The van der Waals surface area contributed by atoms with E-state index in [1.807, 2.05) is 19.9 Å². The Morgan fingerprint density at radius 2 is 1.98 bits per heavy atom. The van der Waals surface area contributed by atoms with Crippen molar-refractivity contribution in [2.24, 2.45) is 11.1 Å². The van der Waals surface area contributed by atoms with E-state index in [0.29, 0.717) is 61.4 Å². The molecule has 1 atom stereocenters. The van der Waals surface area contributed by atoms with Gasteiger partial charge in [-0.3, -0.25) is 14.5 Å². The Balaban J connectivity index is 1.49. The predicted octanol–water partition coefficient (Wildman–Crippen LogP) is 5.88. The summed E-state index contributed by atoms with van der Waals surface area (Å²) in [6.07, 6.45) is 0.850. The van der Waals surface area contributed by atoms with Gasteiger partial charge in [0.1, 0.15) is 5.82 Å². The van der Waals surface area contributed by atoms with Crippen molar-refractivity contribution in [1.82, 2.24) is 10.2 Å². The maximum atomic E-state index is 13.8. The van der Waals surface area contributed by atoms with Crippen LogP contribution in [0.2, 0.25) is 5.02 Å². The number of anilines is 2. The summed E-state index contributed by atoms with van der Waals surface area (Å²) in [5.41, 5.74) is 9.08. The standard InChI is InChI=1S/C30H29ClN6O4S2/c1-30(2)12-20-26(21(38)13-30)25(16-8-9-22(40-3)23(10-16)41-4)19(14-32)27(33)37(20)28-35-36-29(43-28)42-15-24(39)34-18-7-5-6-17(31)11-18/h5-11,25H,12-13,15,33H2,1-4H3,(H,34,39). The van der Waals surface area contributed by atoms with Gasteiger partial charge in [0.05, 0.1) is 37.5 Å². The SMILES string of the molecule is COc1ccc(C2C(C#N)=C(N)N(c3nnc(SCC(=O)Nc4cccc(Cl)c4)s3)C3=C2C(=O)CC(C)(C)C3)cc1OC. The lowest BCUT2D eigenvalue weighted by Gasteiger charge is -2.42. The summed E-state index contributed by atoms with van der Waals surface area (Å²) in [5, 5.41) is 22.7. The van der Waals surface area contributed by atoms with Crippen molar-refractivity contribution >= 4 is 57.2 Å². The molecule has 2 aliphatic rings. The number of Topliss-reactive ketones (excluding diaryl/α,β-unsaturated/α-hetero) is 1. The summed E-state index contributed by atoms with van der Waals surface area (Å²) >= 11 is 8.46. The van der Waals surface area contributed by atoms with E-state index in [1.54, 1.807) is 48.4 Å². The summed E-state index contributed by atoms with van der Waals surface area (Å²) in [4.78, 5) is 28.0. The summed E-state index contributed by atoms with van der Waals surface area (Å²) in [6.45, 7) is 4.05. The molecule has 43 heavy (non-hydrogen) atoms. The van der Waals surface area contributed by atoms with Crippen LogP contribution in [0, 0.1) is 16.7 Å². The number of nitrogens with zero attached hydrogens (tertiary/aromatic N) is 4. The first-order chi connectivity index (χ1) is 20.5. The predicted molar refractivity (Wildman–Crippen MR) is 167 cm³/mol. The molecule has 5 rings (SSSR count). The van der Waals surface area contributed by atoms with Crippen LogP contribution in [0.4, 0.5) is 10.8 Å². The van der Waals surface area contributed by atoms with Gasteiger partial charge < -0.3 is 20.5 Å². The molecule has 10 nitrogen and oxygen atoms in total. The summed E-state index contributed by atoms with van der Waals surface area (Å²) in [7, 11) is 3.08. The molecule has 3 N–H and O–H groups in total. The summed E-state index contributed by atoms with van der Waals surface area (Å²) < 4.78 is 11.4. The molecule has 1 aliphatic heterocycles. The smallest absolute Gasteiger partial charge is 0.234 e. The summed E-state index contributed by atoms with van der Waals surface area (Å²) in [6, 6.07) is 14.5. The minimum atomic E-state index is -0.684. The zero-order chi connectivity index (χ0) is 30.9. The van der Waals surface area contributed by atoms with Crippen molar-refractivity contribution in [3.05, 3.63) is 75.7 Å². The van der Waals surface area contributed by atoms with Gasteiger partial charge in [-0.25, -0.2) is 0 Å². The van der Waals surface area contributed by atoms with Gasteiger partial charge >= 0.3 is 0 Å². The van der Waals surface area contributed by atoms with E-state index in [-0.39, 0.29) is 34.3 Å². The number of nitriles is 1. The Kier molecular flexibility index (Phi) is 8.69. The Labute approximate surface area is 262 Å². The third kappa shape index (κ3) is 6.20. The minimum absolute atomic E-state index is 0.0620. The van der Waals surface area contributed by atoms with E-state index >= 15 is 0 Å². The van der Waals surface area contributed by atoms with Gasteiger partial charge in [-0.2, -0.15) is 5.26 Å². The van der Waals surface area contributed by atoms with E-state index in [1.165, 1.54) is 30.2 Å². The molecular weight excluding hydrogens is 608 g/mol. The first-order valence-electron chi connectivity index (χ1n) is 13.2. The lowest BCUT2D eigenvalue weighted by Crippen LogP contribution is -2.42. The average molecular weight is 637 g/mol. The van der Waals surface area contributed by atoms with Crippen molar-refractivity contribution in [3.8, 4) is 17.6 Å². The molecule has 13 heteroatoms. The molecule has 0 bridgehead atoms. The third-order valence-electron chi connectivity index (χ3n) is 7.14. The number of aromatic nitrogens is 2. The number of amides is 1. The van der Waals surface area contributed by atoms with E-state index < -0.39 is 5.92 Å². The lowest BCUT2D eigenvalue weighted by molar-refractivity contribution is -0.118. The van der Waals surface area contributed by atoms with E-state index in [0.717, 1.165) is 0 Å². The molecule has 1 aliphatic carbocycles. The number of rotatable bonds is 8. The lowest BCUT2D eigenvalue weighted by atomic mass is 9.68. The number of ketones is 1. The number of carbonyl (C=O) groups excluding carboxylic acids is 2. The maximum absolute atomic E-state index is 13.8. The van der Waals surface area contributed by atoms with E-state index in [9.17, 15) is 14.9 Å². The van der Waals surface area contributed by atoms with Gasteiger partial charge in [0.2, 0.25) is 11.0 Å². The first-order valence-corrected chi connectivity index (χ1v) is 15.4. The molecule has 0 spiro atoms. The van der Waals surface area contributed by atoms with E-state index in [2.05, 4.69) is 21.6 Å². The van der Waals surface area contributed by atoms with Crippen molar-refractivity contribution < 1.29 is 19.1 Å². The summed E-state index contributed by atoms with van der Waals surface area (Å²) in [5.74, 6) is 0.313. The van der Waals surface area contributed by atoms with Gasteiger partial charge in [0, 0.05) is 28.4 Å². The molecule has 222 valence electrons. The number of carbonyl (C=O) groups is 2. The molecule has 0 saturated heterocycles. The highest BCUT2D eigenvalue weighted by molar-refractivity contribution is 8.01. The number of ether oxygens (including phenoxy) is 2. The molecule has 2 aromatic carbocycles. The quantitative estimate of drug-likeness (QED) is 0.288. The number of hydrogen-bond acceptors (Lipinski definition) is 11. The second-order valence-corrected chi connectivity index (χ2v) is 13.4. The Hall–Kier alpha value is -4.05. The number of thioether (sulfide) groups is 1.